The third-order valence-corrected chi connectivity index (χ3v) is 4.89. The highest BCUT2D eigenvalue weighted by molar-refractivity contribution is 7.10. The van der Waals surface area contributed by atoms with Crippen LogP contribution in [0.2, 0.25) is 5.02 Å². The molecule has 5 heteroatoms. The van der Waals surface area contributed by atoms with Gasteiger partial charge in [-0.1, -0.05) is 11.6 Å². The second-order valence-electron chi connectivity index (χ2n) is 5.18. The van der Waals surface area contributed by atoms with Gasteiger partial charge in [0.15, 0.2) is 0 Å². The summed E-state index contributed by atoms with van der Waals surface area (Å²) in [7, 11) is 0. The number of aryl methyl sites for hydroxylation is 1. The van der Waals surface area contributed by atoms with Gasteiger partial charge in [-0.25, -0.2) is 0 Å². The molecule has 100 valence electrons. The van der Waals surface area contributed by atoms with Crippen molar-refractivity contribution in [1.29, 1.82) is 0 Å². The third kappa shape index (κ3) is 3.46. The zero-order valence-corrected chi connectivity index (χ0v) is 12.1. The largest absolute Gasteiger partial charge is 0.349 e. The van der Waals surface area contributed by atoms with Gasteiger partial charge in [0.1, 0.15) is 0 Å². The van der Waals surface area contributed by atoms with E-state index in [2.05, 4.69) is 5.32 Å². The van der Waals surface area contributed by atoms with Gasteiger partial charge in [0.25, 0.3) is 0 Å². The molecule has 1 aliphatic carbocycles. The van der Waals surface area contributed by atoms with Crippen molar-refractivity contribution in [2.24, 2.45) is 11.7 Å². The molecule has 1 atom stereocenters. The molecule has 0 saturated heterocycles. The van der Waals surface area contributed by atoms with E-state index in [1.807, 2.05) is 18.4 Å². The molecule has 0 spiro atoms. The number of carbonyl (C=O) groups is 1. The lowest BCUT2D eigenvalue weighted by Gasteiger charge is -2.29. The van der Waals surface area contributed by atoms with Gasteiger partial charge in [-0.05, 0) is 38.2 Å². The molecular formula is C13H19ClN2OS. The zero-order chi connectivity index (χ0) is 13.2. The van der Waals surface area contributed by atoms with E-state index < -0.39 is 0 Å². The molecule has 18 heavy (non-hydrogen) atoms. The van der Waals surface area contributed by atoms with Gasteiger partial charge in [-0.15, -0.1) is 11.3 Å². The first-order valence-electron chi connectivity index (χ1n) is 6.27. The van der Waals surface area contributed by atoms with Crippen molar-refractivity contribution in [2.45, 2.75) is 38.1 Å². The van der Waals surface area contributed by atoms with Gasteiger partial charge in [-0.2, -0.15) is 0 Å². The van der Waals surface area contributed by atoms with E-state index in [9.17, 15) is 4.79 Å². The molecule has 3 nitrogen and oxygen atoms in total. The van der Waals surface area contributed by atoms with Gasteiger partial charge < -0.3 is 11.1 Å². The lowest BCUT2D eigenvalue weighted by atomic mass is 9.95. The fraction of sp³-hybridized carbons (Fsp3) is 0.615. The molecule has 1 aliphatic rings. The Hall–Kier alpha value is -0.580. The van der Waals surface area contributed by atoms with Crippen LogP contribution in [0.4, 0.5) is 0 Å². The maximum atomic E-state index is 11.9. The predicted molar refractivity (Wildman–Crippen MR) is 76.0 cm³/mol. The Kier molecular flexibility index (Phi) is 4.30. The van der Waals surface area contributed by atoms with E-state index in [1.165, 1.54) is 12.8 Å². The number of thiophene rings is 1. The third-order valence-electron chi connectivity index (χ3n) is 3.55. The number of carbonyl (C=O) groups excluding carboxylic acids is 1. The molecule has 0 aliphatic heterocycles. The highest BCUT2D eigenvalue weighted by Gasteiger charge is 2.41. The molecule has 1 unspecified atom stereocenters. The Morgan fingerprint density at radius 1 is 1.67 bits per heavy atom. The SMILES string of the molecule is CC(CN)(NC(=O)CCc1cc(Cl)cs1)C1CC1. The molecule has 0 bridgehead atoms. The normalized spacial score (nSPS) is 18.4. The fourth-order valence-electron chi connectivity index (χ4n) is 2.14. The Labute approximate surface area is 117 Å². The lowest BCUT2D eigenvalue weighted by Crippen LogP contribution is -2.53. The number of amides is 1. The van der Waals surface area contributed by atoms with Gasteiger partial charge in [0.05, 0.1) is 10.6 Å². The topological polar surface area (TPSA) is 55.1 Å². The molecule has 0 radical (unpaired) electrons. The average molecular weight is 287 g/mol. The summed E-state index contributed by atoms with van der Waals surface area (Å²) in [5.74, 6) is 0.641. The van der Waals surface area contributed by atoms with Crippen LogP contribution in [-0.4, -0.2) is 18.0 Å². The minimum Gasteiger partial charge on any atom is -0.349 e. The van der Waals surface area contributed by atoms with E-state index in [-0.39, 0.29) is 11.4 Å². The maximum absolute atomic E-state index is 11.9. The van der Waals surface area contributed by atoms with Crippen molar-refractivity contribution in [1.82, 2.24) is 5.32 Å². The standard InChI is InChI=1S/C13H19ClN2OS/c1-13(8-15,9-2-3-9)16-12(17)5-4-11-6-10(14)7-18-11/h6-7,9H,2-5,8,15H2,1H3,(H,16,17). The molecule has 1 amide bonds. The summed E-state index contributed by atoms with van der Waals surface area (Å²) in [5, 5.41) is 5.73. The zero-order valence-electron chi connectivity index (χ0n) is 10.5. The summed E-state index contributed by atoms with van der Waals surface area (Å²) in [6.07, 6.45) is 3.59. The summed E-state index contributed by atoms with van der Waals surface area (Å²) < 4.78 is 0. The highest BCUT2D eigenvalue weighted by Crippen LogP contribution is 2.39. The van der Waals surface area contributed by atoms with Crippen molar-refractivity contribution < 1.29 is 4.79 Å². The van der Waals surface area contributed by atoms with Crippen LogP contribution in [0.3, 0.4) is 0 Å². The smallest absolute Gasteiger partial charge is 0.220 e. The fourth-order valence-corrected chi connectivity index (χ4v) is 3.22. The van der Waals surface area contributed by atoms with Gasteiger partial charge >= 0.3 is 0 Å². The molecule has 3 N–H and O–H groups in total. The average Bonchev–Trinajstić information content (AvgIpc) is 3.11. The van der Waals surface area contributed by atoms with Crippen molar-refractivity contribution in [3.8, 4) is 0 Å². The minimum atomic E-state index is -0.218. The first kappa shape index (κ1) is 13.8. The lowest BCUT2D eigenvalue weighted by molar-refractivity contribution is -0.123. The van der Waals surface area contributed by atoms with Crippen LogP contribution in [-0.2, 0) is 11.2 Å². The Morgan fingerprint density at radius 2 is 2.39 bits per heavy atom. The van der Waals surface area contributed by atoms with Crippen molar-refractivity contribution in [3.63, 3.8) is 0 Å². The minimum absolute atomic E-state index is 0.0828. The Bertz CT molecular complexity index is 430. The van der Waals surface area contributed by atoms with E-state index in [0.29, 0.717) is 18.9 Å². The molecule has 0 aromatic carbocycles. The number of nitrogens with one attached hydrogen (secondary N) is 1. The summed E-state index contributed by atoms with van der Waals surface area (Å²) >= 11 is 7.45. The Balaban J connectivity index is 1.81. The molecule has 1 saturated carbocycles. The highest BCUT2D eigenvalue weighted by atomic mass is 35.5. The summed E-state index contributed by atoms with van der Waals surface area (Å²) in [6, 6.07) is 1.92. The first-order chi connectivity index (χ1) is 8.53. The quantitative estimate of drug-likeness (QED) is 0.844. The summed E-state index contributed by atoms with van der Waals surface area (Å²) in [4.78, 5) is 13.1. The van der Waals surface area contributed by atoms with E-state index in [1.54, 1.807) is 11.3 Å². The van der Waals surface area contributed by atoms with Crippen molar-refractivity contribution >= 4 is 28.8 Å². The van der Waals surface area contributed by atoms with Gasteiger partial charge in [0, 0.05) is 23.2 Å². The number of nitrogens with two attached hydrogens (primary N) is 1. The van der Waals surface area contributed by atoms with Crippen LogP contribution in [0.5, 0.6) is 0 Å². The number of hydrogen-bond acceptors (Lipinski definition) is 3. The van der Waals surface area contributed by atoms with Crippen LogP contribution in [0.25, 0.3) is 0 Å². The second-order valence-corrected chi connectivity index (χ2v) is 6.61. The van der Waals surface area contributed by atoms with E-state index >= 15 is 0 Å². The monoisotopic (exact) mass is 286 g/mol. The van der Waals surface area contributed by atoms with Gasteiger partial charge in [0.2, 0.25) is 5.91 Å². The molecule has 1 heterocycles. The number of rotatable bonds is 6. The Morgan fingerprint density at radius 3 is 2.89 bits per heavy atom. The van der Waals surface area contributed by atoms with Crippen LogP contribution < -0.4 is 11.1 Å². The predicted octanol–water partition coefficient (Wildman–Crippen LogP) is 2.58. The van der Waals surface area contributed by atoms with Crippen LogP contribution in [0.1, 0.15) is 31.1 Å². The molecule has 2 rings (SSSR count). The second kappa shape index (κ2) is 5.59. The van der Waals surface area contributed by atoms with E-state index in [4.69, 9.17) is 17.3 Å². The van der Waals surface area contributed by atoms with Crippen molar-refractivity contribution in [2.75, 3.05) is 6.54 Å². The summed E-state index contributed by atoms with van der Waals surface area (Å²) in [5.41, 5.74) is 5.56. The molecule has 1 aromatic rings. The van der Waals surface area contributed by atoms with Crippen LogP contribution in [0, 0.1) is 5.92 Å². The summed E-state index contributed by atoms with van der Waals surface area (Å²) in [6.45, 7) is 2.55. The maximum Gasteiger partial charge on any atom is 0.220 e. The van der Waals surface area contributed by atoms with E-state index in [0.717, 1.165) is 16.3 Å². The van der Waals surface area contributed by atoms with Gasteiger partial charge in [-0.3, -0.25) is 4.79 Å². The van der Waals surface area contributed by atoms with Crippen LogP contribution in [0.15, 0.2) is 11.4 Å². The number of halogens is 1. The molecular weight excluding hydrogens is 268 g/mol. The molecule has 1 aromatic heterocycles. The van der Waals surface area contributed by atoms with Crippen molar-refractivity contribution in [3.05, 3.63) is 21.3 Å². The van der Waals surface area contributed by atoms with Crippen LogP contribution >= 0.6 is 22.9 Å². The molecule has 1 fully saturated rings. The first-order valence-corrected chi connectivity index (χ1v) is 7.53. The number of hydrogen-bond donors (Lipinski definition) is 2.